The van der Waals surface area contributed by atoms with Crippen molar-refractivity contribution in [1.29, 1.82) is 0 Å². The zero-order valence-corrected chi connectivity index (χ0v) is 11.3. The minimum absolute atomic E-state index is 0.452. The molecule has 17 heavy (non-hydrogen) atoms. The van der Waals surface area contributed by atoms with Gasteiger partial charge in [-0.25, -0.2) is 9.97 Å². The number of rotatable bonds is 2. The van der Waals surface area contributed by atoms with Crippen LogP contribution in [0.25, 0.3) is 0 Å². The molecule has 0 N–H and O–H groups in total. The second-order valence-corrected chi connectivity index (χ2v) is 4.06. The largest absolute Gasteiger partial charge is 0.378 e. The van der Waals surface area contributed by atoms with E-state index in [1.54, 1.807) is 6.33 Å². The lowest BCUT2D eigenvalue weighted by Gasteiger charge is -2.27. The zero-order valence-electron chi connectivity index (χ0n) is 11.3. The Morgan fingerprint density at radius 2 is 1.82 bits per heavy atom. The van der Waals surface area contributed by atoms with Crippen LogP contribution >= 0.6 is 0 Å². The van der Waals surface area contributed by atoms with Crippen LogP contribution in [0.5, 0.6) is 0 Å². The van der Waals surface area contributed by atoms with E-state index in [0.29, 0.717) is 5.92 Å². The Labute approximate surface area is 104 Å². The molecule has 4 nitrogen and oxygen atoms in total. The third kappa shape index (κ3) is 3.97. The van der Waals surface area contributed by atoms with Gasteiger partial charge in [-0.1, -0.05) is 27.7 Å². The fraction of sp³-hybridized carbons (Fsp3) is 0.692. The molecule has 0 amide bonds. The van der Waals surface area contributed by atoms with Gasteiger partial charge in [-0.2, -0.15) is 0 Å². The molecule has 1 aliphatic rings. The van der Waals surface area contributed by atoms with Crippen molar-refractivity contribution in [2.45, 2.75) is 33.6 Å². The van der Waals surface area contributed by atoms with Crippen LogP contribution in [-0.2, 0) is 4.74 Å². The second-order valence-electron chi connectivity index (χ2n) is 4.06. The summed E-state index contributed by atoms with van der Waals surface area (Å²) in [6.45, 7) is 11.7. The van der Waals surface area contributed by atoms with Crippen LogP contribution in [0, 0.1) is 0 Å². The Kier molecular flexibility index (Phi) is 5.91. The van der Waals surface area contributed by atoms with Crippen molar-refractivity contribution >= 4 is 5.82 Å². The monoisotopic (exact) mass is 237 g/mol. The fourth-order valence-electron chi connectivity index (χ4n) is 1.64. The molecule has 4 heteroatoms. The van der Waals surface area contributed by atoms with E-state index in [4.69, 9.17) is 4.74 Å². The number of hydrogen-bond acceptors (Lipinski definition) is 4. The maximum atomic E-state index is 5.31. The van der Waals surface area contributed by atoms with Crippen molar-refractivity contribution in [3.63, 3.8) is 0 Å². The smallest absolute Gasteiger partial charge is 0.132 e. The summed E-state index contributed by atoms with van der Waals surface area (Å²) in [5, 5.41) is 0. The Balaban J connectivity index is 0.000000686. The van der Waals surface area contributed by atoms with Crippen molar-refractivity contribution in [2.24, 2.45) is 0 Å². The molecule has 0 unspecified atom stereocenters. The normalized spacial score (nSPS) is 15.5. The fourth-order valence-corrected chi connectivity index (χ4v) is 1.64. The average molecular weight is 237 g/mol. The Morgan fingerprint density at radius 1 is 1.18 bits per heavy atom. The van der Waals surface area contributed by atoms with Crippen LogP contribution in [0.4, 0.5) is 5.82 Å². The highest BCUT2D eigenvalue weighted by Gasteiger charge is 2.13. The number of hydrogen-bond donors (Lipinski definition) is 0. The van der Waals surface area contributed by atoms with Crippen LogP contribution in [0.2, 0.25) is 0 Å². The molecule has 0 aromatic carbocycles. The summed E-state index contributed by atoms with van der Waals surface area (Å²) in [5.74, 6) is 1.48. The van der Waals surface area contributed by atoms with Crippen molar-refractivity contribution < 1.29 is 4.74 Å². The molecular weight excluding hydrogens is 214 g/mol. The van der Waals surface area contributed by atoms with Crippen LogP contribution in [0.3, 0.4) is 0 Å². The summed E-state index contributed by atoms with van der Waals surface area (Å²) < 4.78 is 5.31. The van der Waals surface area contributed by atoms with Crippen LogP contribution < -0.4 is 4.90 Å². The predicted molar refractivity (Wildman–Crippen MR) is 70.5 cm³/mol. The molecule has 0 saturated carbocycles. The molecule has 0 aliphatic carbocycles. The first-order valence-corrected chi connectivity index (χ1v) is 6.42. The van der Waals surface area contributed by atoms with Gasteiger partial charge in [-0.3, -0.25) is 0 Å². The molecule has 0 bridgehead atoms. The molecule has 1 aromatic heterocycles. The molecule has 2 heterocycles. The van der Waals surface area contributed by atoms with E-state index in [-0.39, 0.29) is 0 Å². The highest BCUT2D eigenvalue weighted by molar-refractivity contribution is 5.39. The van der Waals surface area contributed by atoms with Gasteiger partial charge in [0.25, 0.3) is 0 Å². The number of nitrogens with zero attached hydrogens (tertiary/aromatic N) is 3. The molecule has 2 rings (SSSR count). The molecular formula is C13H23N3O. The van der Waals surface area contributed by atoms with E-state index in [0.717, 1.165) is 37.8 Å². The summed E-state index contributed by atoms with van der Waals surface area (Å²) >= 11 is 0. The lowest BCUT2D eigenvalue weighted by molar-refractivity contribution is 0.122. The van der Waals surface area contributed by atoms with Gasteiger partial charge in [0, 0.05) is 24.8 Å². The molecule has 96 valence electrons. The summed E-state index contributed by atoms with van der Waals surface area (Å²) in [4.78, 5) is 10.8. The maximum Gasteiger partial charge on any atom is 0.132 e. The molecule has 1 fully saturated rings. The first kappa shape index (κ1) is 13.9. The molecule has 1 saturated heterocycles. The number of aromatic nitrogens is 2. The minimum Gasteiger partial charge on any atom is -0.378 e. The zero-order chi connectivity index (χ0) is 12.7. The maximum absolute atomic E-state index is 5.31. The Bertz CT molecular complexity index is 322. The van der Waals surface area contributed by atoms with Crippen LogP contribution in [-0.4, -0.2) is 36.3 Å². The van der Waals surface area contributed by atoms with E-state index in [1.807, 2.05) is 13.8 Å². The van der Waals surface area contributed by atoms with E-state index >= 15 is 0 Å². The molecule has 0 atom stereocenters. The van der Waals surface area contributed by atoms with Crippen LogP contribution in [0.1, 0.15) is 39.3 Å². The summed E-state index contributed by atoms with van der Waals surface area (Å²) in [7, 11) is 0. The first-order chi connectivity index (χ1) is 8.27. The topological polar surface area (TPSA) is 38.2 Å². The van der Waals surface area contributed by atoms with E-state index in [2.05, 4.69) is 34.8 Å². The Morgan fingerprint density at radius 3 is 2.41 bits per heavy atom. The molecule has 0 radical (unpaired) electrons. The molecule has 0 spiro atoms. The van der Waals surface area contributed by atoms with E-state index in [9.17, 15) is 0 Å². The lowest BCUT2D eigenvalue weighted by Crippen LogP contribution is -2.36. The first-order valence-electron chi connectivity index (χ1n) is 6.42. The van der Waals surface area contributed by atoms with Crippen molar-refractivity contribution in [3.05, 3.63) is 18.1 Å². The van der Waals surface area contributed by atoms with Gasteiger partial charge in [0.05, 0.1) is 13.2 Å². The van der Waals surface area contributed by atoms with Gasteiger partial charge in [0.2, 0.25) is 0 Å². The van der Waals surface area contributed by atoms with E-state index in [1.165, 1.54) is 0 Å². The van der Waals surface area contributed by atoms with Crippen molar-refractivity contribution in [3.8, 4) is 0 Å². The Hall–Kier alpha value is -1.16. The lowest BCUT2D eigenvalue weighted by atomic mass is 10.1. The standard InChI is InChI=1S/C11H17N3O.C2H6/c1-9(2)10-7-11(13-8-12-10)14-3-5-15-6-4-14;1-2/h7-9H,3-6H2,1-2H3;1-2H3. The van der Waals surface area contributed by atoms with Crippen LogP contribution in [0.15, 0.2) is 12.4 Å². The van der Waals surface area contributed by atoms with E-state index < -0.39 is 0 Å². The number of morpholine rings is 1. The summed E-state index contributed by atoms with van der Waals surface area (Å²) in [6, 6.07) is 2.08. The second kappa shape index (κ2) is 7.22. The highest BCUT2D eigenvalue weighted by atomic mass is 16.5. The quantitative estimate of drug-likeness (QED) is 0.792. The third-order valence-electron chi connectivity index (χ3n) is 2.60. The van der Waals surface area contributed by atoms with Gasteiger partial charge in [0.1, 0.15) is 12.1 Å². The van der Waals surface area contributed by atoms with Gasteiger partial charge in [-0.05, 0) is 5.92 Å². The SMILES string of the molecule is CC.CC(C)c1cc(N2CCOCC2)ncn1. The number of ether oxygens (including phenoxy) is 1. The average Bonchev–Trinajstić information content (AvgIpc) is 2.42. The van der Waals surface area contributed by atoms with Gasteiger partial charge < -0.3 is 9.64 Å². The molecule has 1 aromatic rings. The van der Waals surface area contributed by atoms with Gasteiger partial charge in [0.15, 0.2) is 0 Å². The summed E-state index contributed by atoms with van der Waals surface area (Å²) in [5.41, 5.74) is 1.10. The number of anilines is 1. The highest BCUT2D eigenvalue weighted by Crippen LogP contribution is 2.17. The third-order valence-corrected chi connectivity index (χ3v) is 2.60. The van der Waals surface area contributed by atoms with Crippen molar-refractivity contribution in [2.75, 3.05) is 31.2 Å². The van der Waals surface area contributed by atoms with Gasteiger partial charge in [-0.15, -0.1) is 0 Å². The van der Waals surface area contributed by atoms with Crippen molar-refractivity contribution in [1.82, 2.24) is 9.97 Å². The summed E-state index contributed by atoms with van der Waals surface area (Å²) in [6.07, 6.45) is 1.65. The molecule has 1 aliphatic heterocycles. The minimum atomic E-state index is 0.452. The predicted octanol–water partition coefficient (Wildman–Crippen LogP) is 2.46. The van der Waals surface area contributed by atoms with Gasteiger partial charge >= 0.3 is 0 Å².